The van der Waals surface area contributed by atoms with Gasteiger partial charge >= 0.3 is 6.61 Å². The lowest BCUT2D eigenvalue weighted by atomic mass is 9.76. The van der Waals surface area contributed by atoms with Crippen molar-refractivity contribution in [2.24, 2.45) is 0 Å². The second-order valence-corrected chi connectivity index (χ2v) is 12.8. The van der Waals surface area contributed by atoms with E-state index in [2.05, 4.69) is 20.6 Å². The number of halogens is 3. The van der Waals surface area contributed by atoms with Crippen LogP contribution >= 0.6 is 0 Å². The zero-order valence-electron chi connectivity index (χ0n) is 22.4. The van der Waals surface area contributed by atoms with Crippen LogP contribution in [0.2, 0.25) is 0 Å². The number of hydrogen-bond acceptors (Lipinski definition) is 6. The molecule has 3 aliphatic rings. The zero-order chi connectivity index (χ0) is 28.9. The van der Waals surface area contributed by atoms with Gasteiger partial charge in [-0.05, 0) is 79.3 Å². The number of ether oxygens (including phenoxy) is 1. The van der Waals surface area contributed by atoms with E-state index in [0.717, 1.165) is 30.9 Å². The van der Waals surface area contributed by atoms with E-state index in [1.807, 2.05) is 13.0 Å². The third-order valence-electron chi connectivity index (χ3n) is 8.41. The van der Waals surface area contributed by atoms with Crippen LogP contribution in [0.5, 0.6) is 5.75 Å². The monoisotopic (exact) mass is 582 g/mol. The fraction of sp³-hybridized carbons (Fsp3) is 0.367. The average Bonchev–Trinajstić information content (AvgIpc) is 2.91. The third-order valence-corrected chi connectivity index (χ3v) is 10.2. The normalized spacial score (nSPS) is 20.1. The highest BCUT2D eigenvalue weighted by Crippen LogP contribution is 2.45. The third kappa shape index (κ3) is 4.89. The van der Waals surface area contributed by atoms with Crippen LogP contribution in [0.15, 0.2) is 65.6 Å². The standard InChI is InChI=1S/C30H29F3N4O3S/c1-20-4-2-5-26(12-20)41(38,39)37-18-24-17-35(30(19-34)8-3-9-30)10-11-36(24)27-7-6-21(15-28(27)37)22-13-23(31)16-25(14-22)40-29(32)33/h2,4-7,12-16,24,29H,3,8-11,17-18H2,1H3/t24-/m0/s1. The Hall–Kier alpha value is -3.75. The maximum Gasteiger partial charge on any atom is 0.387 e. The van der Waals surface area contributed by atoms with Crippen LogP contribution in [-0.2, 0) is 10.0 Å². The molecule has 214 valence electrons. The van der Waals surface area contributed by atoms with E-state index in [9.17, 15) is 26.9 Å². The summed E-state index contributed by atoms with van der Waals surface area (Å²) in [6.45, 7) is 0.712. The molecule has 1 aliphatic carbocycles. The highest BCUT2D eigenvalue weighted by Gasteiger charge is 2.48. The summed E-state index contributed by atoms with van der Waals surface area (Å²) in [6.07, 6.45) is 2.63. The molecule has 6 rings (SSSR count). The molecule has 2 heterocycles. The lowest BCUT2D eigenvalue weighted by Gasteiger charge is -2.54. The van der Waals surface area contributed by atoms with Gasteiger partial charge in [-0.15, -0.1) is 0 Å². The van der Waals surface area contributed by atoms with Crippen LogP contribution in [-0.4, -0.2) is 57.7 Å². The van der Waals surface area contributed by atoms with E-state index in [4.69, 9.17) is 0 Å². The second kappa shape index (κ2) is 10.3. The van der Waals surface area contributed by atoms with Crippen molar-refractivity contribution in [2.75, 3.05) is 35.4 Å². The van der Waals surface area contributed by atoms with E-state index in [1.54, 1.807) is 36.4 Å². The van der Waals surface area contributed by atoms with Gasteiger partial charge in [0.15, 0.2) is 0 Å². The maximum absolute atomic E-state index is 14.4. The van der Waals surface area contributed by atoms with Gasteiger partial charge in [-0.1, -0.05) is 18.2 Å². The van der Waals surface area contributed by atoms with Crippen LogP contribution in [0.1, 0.15) is 24.8 Å². The number of nitriles is 1. The Kier molecular flexibility index (Phi) is 6.86. The van der Waals surface area contributed by atoms with E-state index < -0.39 is 28.0 Å². The second-order valence-electron chi connectivity index (χ2n) is 10.9. The van der Waals surface area contributed by atoms with Gasteiger partial charge in [-0.2, -0.15) is 14.0 Å². The molecular weight excluding hydrogens is 553 g/mol. The Morgan fingerprint density at radius 1 is 1.00 bits per heavy atom. The van der Waals surface area contributed by atoms with Gasteiger partial charge < -0.3 is 9.64 Å². The Balaban J connectivity index is 1.44. The van der Waals surface area contributed by atoms with Gasteiger partial charge in [-0.3, -0.25) is 9.21 Å². The topological polar surface area (TPSA) is 76.9 Å². The summed E-state index contributed by atoms with van der Waals surface area (Å²) in [7, 11) is -4.00. The average molecular weight is 583 g/mol. The summed E-state index contributed by atoms with van der Waals surface area (Å²) < 4.78 is 74.2. The van der Waals surface area contributed by atoms with Crippen molar-refractivity contribution in [1.29, 1.82) is 5.26 Å². The highest BCUT2D eigenvalue weighted by molar-refractivity contribution is 7.92. The Morgan fingerprint density at radius 3 is 2.49 bits per heavy atom. The molecule has 2 fully saturated rings. The van der Waals surface area contributed by atoms with Crippen molar-refractivity contribution in [3.05, 3.63) is 72.0 Å². The number of piperazine rings is 1. The predicted octanol–water partition coefficient (Wildman–Crippen LogP) is 5.55. The minimum Gasteiger partial charge on any atom is -0.435 e. The first kappa shape index (κ1) is 27.4. The lowest BCUT2D eigenvalue weighted by molar-refractivity contribution is -0.0499. The molecule has 0 N–H and O–H groups in total. The van der Waals surface area contributed by atoms with Crippen molar-refractivity contribution in [3.8, 4) is 22.9 Å². The molecule has 0 unspecified atom stereocenters. The minimum atomic E-state index is -4.00. The van der Waals surface area contributed by atoms with Crippen LogP contribution in [0.4, 0.5) is 24.5 Å². The van der Waals surface area contributed by atoms with Crippen molar-refractivity contribution in [2.45, 2.75) is 49.3 Å². The van der Waals surface area contributed by atoms with Crippen LogP contribution < -0.4 is 13.9 Å². The van der Waals surface area contributed by atoms with Crippen LogP contribution in [0, 0.1) is 24.1 Å². The summed E-state index contributed by atoms with van der Waals surface area (Å²) in [6, 6.07) is 17.6. The van der Waals surface area contributed by atoms with E-state index in [0.29, 0.717) is 36.6 Å². The zero-order valence-corrected chi connectivity index (χ0v) is 23.3. The van der Waals surface area contributed by atoms with Crippen LogP contribution in [0.3, 0.4) is 0 Å². The van der Waals surface area contributed by atoms with Gasteiger partial charge in [0.25, 0.3) is 10.0 Å². The van der Waals surface area contributed by atoms with Crippen LogP contribution in [0.25, 0.3) is 11.1 Å². The van der Waals surface area contributed by atoms with Crippen molar-refractivity contribution in [3.63, 3.8) is 0 Å². The number of anilines is 2. The summed E-state index contributed by atoms with van der Waals surface area (Å²) in [5.74, 6) is -1.07. The SMILES string of the molecule is Cc1cccc(S(=O)(=O)N2C[C@@H]3CN(C4(C#N)CCC4)CCN3c3ccc(-c4cc(F)cc(OC(F)F)c4)cc32)c1. The molecule has 1 saturated carbocycles. The van der Waals surface area contributed by atoms with Gasteiger partial charge in [0, 0.05) is 25.7 Å². The molecule has 1 atom stereocenters. The molecule has 0 bridgehead atoms. The fourth-order valence-corrected chi connectivity index (χ4v) is 7.81. The molecular formula is C30H29F3N4O3S. The first-order valence-electron chi connectivity index (χ1n) is 13.5. The number of alkyl halides is 2. The molecule has 7 nitrogen and oxygen atoms in total. The molecule has 41 heavy (non-hydrogen) atoms. The van der Waals surface area contributed by atoms with E-state index in [-0.39, 0.29) is 28.8 Å². The minimum absolute atomic E-state index is 0.154. The van der Waals surface area contributed by atoms with Gasteiger partial charge in [0.1, 0.15) is 17.1 Å². The number of fused-ring (bicyclic) bond motifs is 3. The quantitative estimate of drug-likeness (QED) is 0.380. The first-order chi connectivity index (χ1) is 19.6. The molecule has 0 spiro atoms. The number of nitrogens with zero attached hydrogens (tertiary/aromatic N) is 4. The lowest BCUT2D eigenvalue weighted by Crippen LogP contribution is -2.66. The Morgan fingerprint density at radius 2 is 1.80 bits per heavy atom. The van der Waals surface area contributed by atoms with Gasteiger partial charge in [0.2, 0.25) is 0 Å². The molecule has 3 aromatic carbocycles. The molecule has 1 saturated heterocycles. The fourth-order valence-electron chi connectivity index (χ4n) is 6.19. The van der Waals surface area contributed by atoms with Crippen molar-refractivity contribution in [1.82, 2.24) is 4.90 Å². The maximum atomic E-state index is 14.4. The molecule has 2 aliphatic heterocycles. The number of sulfonamides is 1. The molecule has 0 amide bonds. The Labute approximate surface area is 237 Å². The largest absolute Gasteiger partial charge is 0.435 e. The number of benzene rings is 3. The number of hydrogen-bond donors (Lipinski definition) is 0. The van der Waals surface area contributed by atoms with E-state index >= 15 is 0 Å². The van der Waals surface area contributed by atoms with Gasteiger partial charge in [-0.25, -0.2) is 12.8 Å². The van der Waals surface area contributed by atoms with Crippen molar-refractivity contribution >= 4 is 21.4 Å². The van der Waals surface area contributed by atoms with E-state index in [1.165, 1.54) is 16.4 Å². The molecule has 3 aromatic rings. The molecule has 11 heteroatoms. The predicted molar refractivity (Wildman–Crippen MR) is 149 cm³/mol. The summed E-state index contributed by atoms with van der Waals surface area (Å²) in [5.41, 5.74) is 2.18. The Bertz CT molecular complexity index is 1640. The molecule has 0 radical (unpaired) electrons. The van der Waals surface area contributed by atoms with Crippen molar-refractivity contribution < 1.29 is 26.3 Å². The van der Waals surface area contributed by atoms with Gasteiger partial charge in [0.05, 0.1) is 34.9 Å². The summed E-state index contributed by atoms with van der Waals surface area (Å²) in [4.78, 5) is 4.53. The number of aryl methyl sites for hydroxylation is 1. The summed E-state index contributed by atoms with van der Waals surface area (Å²) >= 11 is 0. The highest BCUT2D eigenvalue weighted by atomic mass is 32.2. The first-order valence-corrected chi connectivity index (χ1v) is 15.0. The number of rotatable bonds is 6. The molecule has 0 aromatic heterocycles. The smallest absolute Gasteiger partial charge is 0.387 e. The summed E-state index contributed by atoms with van der Waals surface area (Å²) in [5, 5.41) is 9.94.